The molecule has 5 aromatic rings. The van der Waals surface area contributed by atoms with Crippen LogP contribution in [0.4, 0.5) is 0 Å². The van der Waals surface area contributed by atoms with Crippen LogP contribution in [-0.4, -0.2) is 153 Å². The molecule has 5 rings (SSSR count). The molecule has 0 fully saturated rings. The molecule has 422 valence electrons. The molecular formula is C55H69N11O11S2. The van der Waals surface area contributed by atoms with E-state index in [9.17, 15) is 53.4 Å². The highest BCUT2D eigenvalue weighted by Crippen LogP contribution is 2.20. The van der Waals surface area contributed by atoms with E-state index < -0.39 is 108 Å². The second kappa shape index (κ2) is 31.6. The largest absolute Gasteiger partial charge is 0.480 e. The lowest BCUT2D eigenvalue weighted by molar-refractivity contribution is -0.146. The number of hydrogen-bond acceptors (Lipinski definition) is 14. The highest BCUT2D eigenvalue weighted by atomic mass is 32.1. The zero-order valence-electron chi connectivity index (χ0n) is 43.5. The third-order valence-corrected chi connectivity index (χ3v) is 13.6. The number of aliphatic hydroxyl groups excluding tert-OH is 1. The fourth-order valence-electron chi connectivity index (χ4n) is 8.38. The number of para-hydroxylation sites is 1. The van der Waals surface area contributed by atoms with Gasteiger partial charge >= 0.3 is 5.97 Å². The van der Waals surface area contributed by atoms with Gasteiger partial charge in [-0.2, -0.15) is 25.3 Å². The van der Waals surface area contributed by atoms with Crippen molar-refractivity contribution in [3.63, 3.8) is 0 Å². The number of nitrogens with zero attached hydrogens (tertiary/aromatic N) is 1. The van der Waals surface area contributed by atoms with E-state index in [-0.39, 0.29) is 56.6 Å². The van der Waals surface area contributed by atoms with Gasteiger partial charge in [0, 0.05) is 61.3 Å². The number of unbranched alkanes of at least 4 members (excludes halogenated alkanes) is 1. The van der Waals surface area contributed by atoms with Crippen LogP contribution in [0.3, 0.4) is 0 Å². The zero-order valence-corrected chi connectivity index (χ0v) is 45.3. The van der Waals surface area contributed by atoms with Crippen molar-refractivity contribution < 1.29 is 53.4 Å². The molecule has 0 aliphatic heterocycles. The van der Waals surface area contributed by atoms with Crippen molar-refractivity contribution >= 4 is 89.4 Å². The number of likely N-dealkylation sites (N-methyl/N-ethyl adjacent to an activating group) is 1. The Bertz CT molecular complexity index is 2850. The maximum atomic E-state index is 14.9. The Labute approximate surface area is 468 Å². The first kappa shape index (κ1) is 62.1. The number of fused-ring (bicyclic) bond motifs is 1. The summed E-state index contributed by atoms with van der Waals surface area (Å²) in [5.41, 5.74) is 15.0. The first-order valence-electron chi connectivity index (χ1n) is 25.5. The molecule has 24 heteroatoms. The van der Waals surface area contributed by atoms with Gasteiger partial charge < -0.3 is 68.8 Å². The number of aliphatic hydroxyl groups is 1. The van der Waals surface area contributed by atoms with Crippen molar-refractivity contribution in [1.29, 1.82) is 0 Å². The molecule has 4 aromatic carbocycles. The lowest BCUT2D eigenvalue weighted by Gasteiger charge is -2.31. The van der Waals surface area contributed by atoms with Gasteiger partial charge in [-0.25, -0.2) is 4.79 Å². The van der Waals surface area contributed by atoms with E-state index in [1.807, 2.05) is 18.2 Å². The molecule has 1 heterocycles. The molecule has 22 nitrogen and oxygen atoms in total. The number of carboxylic acid groups (broad SMARTS) is 1. The molecule has 0 spiro atoms. The number of aliphatic carboxylic acids is 1. The van der Waals surface area contributed by atoms with E-state index in [0.717, 1.165) is 17.5 Å². The fraction of sp³-hybridized carbons (Fsp3) is 0.364. The lowest BCUT2D eigenvalue weighted by Crippen LogP contribution is -2.64. The standard InChI is InChI=1S/C55H69N11O11S2/c1-66(46(68)30-67)47(54(75)63-43(27-35-19-9-4-10-20-35)52(73)64-45(32-79)55(76)77)65-49(70)40(23-13-14-24-56)59-53(74)44(28-36-29-58-39-22-12-11-21-37(36)39)62-51(72)42(26-34-17-7-3-8-18-34)61-50(71)41(60-48(69)38(57)31-78)25-33-15-5-2-6-16-33/h2-12,15-22,29,38,40-45,47,58,67,78-79H,13-14,23-28,30-32,56-57H2,1H3,(H,59,74)(H,60,69)(H,61,71)(H,62,72)(H,63,75)(H,64,73)(H,65,70)(H,76,77)/t38-,40-,41-,42-,43-,44+,45-,47+/m0/s1. The molecule has 0 aliphatic carbocycles. The number of benzene rings is 4. The molecule has 0 bridgehead atoms. The van der Waals surface area contributed by atoms with Crippen molar-refractivity contribution in [2.45, 2.75) is 93.4 Å². The van der Waals surface area contributed by atoms with Crippen LogP contribution in [0.15, 0.2) is 121 Å². The highest BCUT2D eigenvalue weighted by Gasteiger charge is 2.37. The average Bonchev–Trinajstić information content (AvgIpc) is 3.86. The SMILES string of the molecule is CN(C(=O)CO)[C@@H](NC(=O)[C@H](CCCCN)NC(=O)[C@@H](Cc1c[nH]c2ccccc12)NC(=O)[C@H](Cc1ccccc1)NC(=O)[C@H](Cc1ccccc1)NC(=O)[C@@H](N)CS)C(=O)N[C@@H](Cc1ccccc1)C(=O)N[C@@H](CS)C(=O)O. The lowest BCUT2D eigenvalue weighted by atomic mass is 10.00. The number of thiol groups is 2. The fourth-order valence-corrected chi connectivity index (χ4v) is 8.80. The summed E-state index contributed by atoms with van der Waals surface area (Å²) in [4.78, 5) is 129. The molecule has 79 heavy (non-hydrogen) atoms. The number of H-pyrrole nitrogens is 1. The summed E-state index contributed by atoms with van der Waals surface area (Å²) < 4.78 is 0. The summed E-state index contributed by atoms with van der Waals surface area (Å²) in [6.45, 7) is -0.899. The number of nitrogens with one attached hydrogen (secondary N) is 8. The topological polar surface area (TPSA) is 349 Å². The Morgan fingerprint density at radius 1 is 0.532 bits per heavy atom. The van der Waals surface area contributed by atoms with Gasteiger partial charge in [0.2, 0.25) is 41.4 Å². The van der Waals surface area contributed by atoms with Crippen LogP contribution >= 0.6 is 25.3 Å². The monoisotopic (exact) mass is 1120 g/mol. The second-order valence-electron chi connectivity index (χ2n) is 18.7. The van der Waals surface area contributed by atoms with Gasteiger partial charge in [-0.3, -0.25) is 38.4 Å². The van der Waals surface area contributed by atoms with Crippen LogP contribution in [0, 0.1) is 0 Å². The Hall–Kier alpha value is -7.77. The third-order valence-electron chi connectivity index (χ3n) is 12.8. The van der Waals surface area contributed by atoms with E-state index in [2.05, 4.69) is 67.5 Å². The molecule has 0 radical (unpaired) electrons. The Morgan fingerprint density at radius 2 is 0.949 bits per heavy atom. The van der Waals surface area contributed by atoms with Gasteiger partial charge in [-0.1, -0.05) is 109 Å². The number of rotatable bonds is 31. The van der Waals surface area contributed by atoms with Crippen LogP contribution in [-0.2, 0) is 68.8 Å². The second-order valence-corrected chi connectivity index (χ2v) is 19.4. The number of nitrogens with two attached hydrogens (primary N) is 2. The number of aromatic amines is 1. The van der Waals surface area contributed by atoms with Gasteiger partial charge in [-0.15, -0.1) is 0 Å². The van der Waals surface area contributed by atoms with Crippen LogP contribution in [0.2, 0.25) is 0 Å². The number of aromatic nitrogens is 1. The van der Waals surface area contributed by atoms with Crippen LogP contribution in [0.25, 0.3) is 10.9 Å². The van der Waals surface area contributed by atoms with E-state index in [1.54, 1.807) is 103 Å². The first-order chi connectivity index (χ1) is 38.0. The average molecular weight is 1120 g/mol. The van der Waals surface area contributed by atoms with Gasteiger partial charge in [0.15, 0.2) is 6.17 Å². The van der Waals surface area contributed by atoms with Gasteiger partial charge in [0.05, 0.1) is 6.04 Å². The Kier molecular flexibility index (Phi) is 24.8. The summed E-state index contributed by atoms with van der Waals surface area (Å²) in [7, 11) is 1.12. The molecule has 8 atom stereocenters. The van der Waals surface area contributed by atoms with Crippen molar-refractivity contribution in [3.05, 3.63) is 144 Å². The number of carboxylic acids is 1. The van der Waals surface area contributed by atoms with Crippen LogP contribution < -0.4 is 48.7 Å². The summed E-state index contributed by atoms with van der Waals surface area (Å²) in [6.07, 6.45) is -0.0600. The quantitative estimate of drug-likeness (QED) is 0.0153. The molecule has 1 aromatic heterocycles. The molecule has 0 aliphatic rings. The Morgan fingerprint density at radius 3 is 1.41 bits per heavy atom. The maximum absolute atomic E-state index is 14.9. The smallest absolute Gasteiger partial charge is 0.327 e. The third kappa shape index (κ3) is 19.0. The first-order valence-corrected chi connectivity index (χ1v) is 26.8. The van der Waals surface area contributed by atoms with Gasteiger partial charge in [0.1, 0.15) is 42.9 Å². The molecular weight excluding hydrogens is 1050 g/mol. The van der Waals surface area contributed by atoms with Crippen molar-refractivity contribution in [1.82, 2.24) is 47.1 Å². The maximum Gasteiger partial charge on any atom is 0.327 e. The molecule has 14 N–H and O–H groups in total. The molecule has 0 saturated carbocycles. The predicted molar refractivity (Wildman–Crippen MR) is 302 cm³/mol. The summed E-state index contributed by atoms with van der Waals surface area (Å²) in [6, 6.07) is 23.8. The molecule has 0 saturated heterocycles. The van der Waals surface area contributed by atoms with Crippen LogP contribution in [0.1, 0.15) is 41.5 Å². The highest BCUT2D eigenvalue weighted by molar-refractivity contribution is 7.80. The Balaban J connectivity index is 1.48. The minimum Gasteiger partial charge on any atom is -0.480 e. The van der Waals surface area contributed by atoms with E-state index in [0.29, 0.717) is 34.1 Å². The van der Waals surface area contributed by atoms with E-state index in [1.165, 1.54) is 0 Å². The van der Waals surface area contributed by atoms with Crippen molar-refractivity contribution in [2.75, 3.05) is 31.7 Å². The zero-order chi connectivity index (χ0) is 57.4. The summed E-state index contributed by atoms with van der Waals surface area (Å²) in [5, 5.41) is 38.6. The number of amides is 8. The summed E-state index contributed by atoms with van der Waals surface area (Å²) >= 11 is 8.16. The summed E-state index contributed by atoms with van der Waals surface area (Å²) in [5.74, 6) is -8.82. The number of carbonyl (C=O) groups is 9. The minimum atomic E-state index is -1.93. The van der Waals surface area contributed by atoms with Gasteiger partial charge in [-0.05, 0) is 54.1 Å². The van der Waals surface area contributed by atoms with Crippen LogP contribution in [0.5, 0.6) is 0 Å². The normalized spacial score (nSPS) is 14.1. The number of carbonyl (C=O) groups excluding carboxylic acids is 8. The van der Waals surface area contributed by atoms with Gasteiger partial charge in [0.25, 0.3) is 5.91 Å². The minimum absolute atomic E-state index is 0.0128. The predicted octanol–water partition coefficient (Wildman–Crippen LogP) is -0.359. The van der Waals surface area contributed by atoms with E-state index in [4.69, 9.17) is 11.5 Å². The van der Waals surface area contributed by atoms with Crippen molar-refractivity contribution in [3.8, 4) is 0 Å². The van der Waals surface area contributed by atoms with Crippen molar-refractivity contribution in [2.24, 2.45) is 11.5 Å². The van der Waals surface area contributed by atoms with E-state index >= 15 is 0 Å². The number of hydrogen-bond donors (Lipinski definition) is 14. The molecule has 8 amide bonds. The molecule has 0 unspecified atom stereocenters.